The molecule has 2 atom stereocenters. The highest BCUT2D eigenvalue weighted by Crippen LogP contribution is 2.31. The van der Waals surface area contributed by atoms with Crippen LogP contribution in [-0.4, -0.2) is 17.2 Å². The molecule has 0 aliphatic heterocycles. The standard InChI is InChI=1S/C15H22O4/c1-9-4-10(2)6-13(5-9)18-8-12-7-14(15(16)17)19-11(12)3/h7,9-10,13H,4-6,8H2,1-3H3,(H,16,17). The first-order valence-corrected chi connectivity index (χ1v) is 6.90. The summed E-state index contributed by atoms with van der Waals surface area (Å²) in [6, 6.07) is 1.56. The molecule has 19 heavy (non-hydrogen) atoms. The zero-order valence-electron chi connectivity index (χ0n) is 11.8. The van der Waals surface area contributed by atoms with E-state index in [1.54, 1.807) is 13.0 Å². The van der Waals surface area contributed by atoms with Gasteiger partial charge in [0.1, 0.15) is 5.76 Å². The first-order valence-electron chi connectivity index (χ1n) is 6.90. The lowest BCUT2D eigenvalue weighted by Crippen LogP contribution is -2.26. The summed E-state index contributed by atoms with van der Waals surface area (Å²) in [5, 5.41) is 8.87. The van der Waals surface area contributed by atoms with Crippen molar-refractivity contribution in [2.75, 3.05) is 0 Å². The number of carbonyl (C=O) groups is 1. The molecule has 106 valence electrons. The number of rotatable bonds is 4. The fourth-order valence-corrected chi connectivity index (χ4v) is 2.99. The van der Waals surface area contributed by atoms with Crippen molar-refractivity contribution in [1.29, 1.82) is 0 Å². The lowest BCUT2D eigenvalue weighted by Gasteiger charge is -2.31. The Balaban J connectivity index is 1.93. The molecule has 1 fully saturated rings. The van der Waals surface area contributed by atoms with Gasteiger partial charge in [-0.3, -0.25) is 0 Å². The molecule has 4 nitrogen and oxygen atoms in total. The number of aryl methyl sites for hydroxylation is 1. The van der Waals surface area contributed by atoms with Crippen molar-refractivity contribution in [2.45, 2.75) is 52.7 Å². The maximum Gasteiger partial charge on any atom is 0.371 e. The van der Waals surface area contributed by atoms with E-state index < -0.39 is 5.97 Å². The van der Waals surface area contributed by atoms with Gasteiger partial charge in [-0.25, -0.2) is 4.79 Å². The topological polar surface area (TPSA) is 59.7 Å². The van der Waals surface area contributed by atoms with E-state index in [9.17, 15) is 4.79 Å². The highest BCUT2D eigenvalue weighted by atomic mass is 16.5. The molecule has 1 heterocycles. The van der Waals surface area contributed by atoms with Gasteiger partial charge in [0.2, 0.25) is 5.76 Å². The molecular formula is C15H22O4. The highest BCUT2D eigenvalue weighted by Gasteiger charge is 2.25. The van der Waals surface area contributed by atoms with E-state index in [4.69, 9.17) is 14.3 Å². The van der Waals surface area contributed by atoms with Gasteiger partial charge in [-0.05, 0) is 44.1 Å². The summed E-state index contributed by atoms with van der Waals surface area (Å²) in [4.78, 5) is 10.8. The van der Waals surface area contributed by atoms with E-state index in [0.717, 1.165) is 18.4 Å². The Morgan fingerprint density at radius 3 is 2.53 bits per heavy atom. The van der Waals surface area contributed by atoms with E-state index in [2.05, 4.69) is 13.8 Å². The normalized spacial score (nSPS) is 27.4. The van der Waals surface area contributed by atoms with Gasteiger partial charge in [0, 0.05) is 5.56 Å². The summed E-state index contributed by atoms with van der Waals surface area (Å²) < 4.78 is 11.1. The van der Waals surface area contributed by atoms with Crippen molar-refractivity contribution in [1.82, 2.24) is 0 Å². The molecule has 1 N–H and O–H groups in total. The molecule has 0 aromatic carbocycles. The van der Waals surface area contributed by atoms with Crippen LogP contribution in [0.2, 0.25) is 0 Å². The van der Waals surface area contributed by atoms with Crippen LogP contribution in [0.15, 0.2) is 10.5 Å². The average molecular weight is 266 g/mol. The molecule has 2 rings (SSSR count). The molecule has 1 aromatic rings. The van der Waals surface area contributed by atoms with Gasteiger partial charge in [-0.15, -0.1) is 0 Å². The minimum Gasteiger partial charge on any atom is -0.475 e. The third-order valence-electron chi connectivity index (χ3n) is 3.84. The Hall–Kier alpha value is -1.29. The van der Waals surface area contributed by atoms with Crippen LogP contribution in [0.4, 0.5) is 0 Å². The predicted molar refractivity (Wildman–Crippen MR) is 71.2 cm³/mol. The zero-order valence-corrected chi connectivity index (χ0v) is 11.8. The molecule has 1 aromatic heterocycles. The van der Waals surface area contributed by atoms with Crippen LogP contribution in [0, 0.1) is 18.8 Å². The molecule has 4 heteroatoms. The van der Waals surface area contributed by atoms with Crippen molar-refractivity contribution < 1.29 is 19.1 Å². The molecule has 1 saturated carbocycles. The van der Waals surface area contributed by atoms with E-state index in [1.165, 1.54) is 6.42 Å². The van der Waals surface area contributed by atoms with Crippen LogP contribution in [0.5, 0.6) is 0 Å². The summed E-state index contributed by atoms with van der Waals surface area (Å²) in [7, 11) is 0. The summed E-state index contributed by atoms with van der Waals surface area (Å²) in [6.07, 6.45) is 3.73. The monoisotopic (exact) mass is 266 g/mol. The smallest absolute Gasteiger partial charge is 0.371 e. The summed E-state index contributed by atoms with van der Waals surface area (Å²) in [6.45, 7) is 6.74. The Bertz CT molecular complexity index is 439. The second-order valence-electron chi connectivity index (χ2n) is 5.85. The zero-order chi connectivity index (χ0) is 14.0. The Morgan fingerprint density at radius 1 is 1.37 bits per heavy atom. The quantitative estimate of drug-likeness (QED) is 0.904. The number of hydrogen-bond donors (Lipinski definition) is 1. The molecule has 0 radical (unpaired) electrons. The maximum atomic E-state index is 10.8. The highest BCUT2D eigenvalue weighted by molar-refractivity contribution is 5.84. The minimum absolute atomic E-state index is 0.0125. The number of ether oxygens (including phenoxy) is 1. The van der Waals surface area contributed by atoms with Crippen LogP contribution in [-0.2, 0) is 11.3 Å². The Morgan fingerprint density at radius 2 is 2.00 bits per heavy atom. The van der Waals surface area contributed by atoms with Crippen molar-refractivity contribution >= 4 is 5.97 Å². The van der Waals surface area contributed by atoms with Gasteiger partial charge in [0.25, 0.3) is 0 Å². The van der Waals surface area contributed by atoms with Crippen molar-refractivity contribution in [3.8, 4) is 0 Å². The average Bonchev–Trinajstić information content (AvgIpc) is 2.67. The predicted octanol–water partition coefficient (Wildman–Crippen LogP) is 3.63. The van der Waals surface area contributed by atoms with Crippen LogP contribution >= 0.6 is 0 Å². The van der Waals surface area contributed by atoms with Gasteiger partial charge >= 0.3 is 5.97 Å². The fourth-order valence-electron chi connectivity index (χ4n) is 2.99. The maximum absolute atomic E-state index is 10.8. The molecule has 1 aliphatic rings. The molecule has 1 aliphatic carbocycles. The first kappa shape index (κ1) is 14.1. The molecule has 0 amide bonds. The summed E-state index contributed by atoms with van der Waals surface area (Å²) in [5.41, 5.74) is 0.836. The van der Waals surface area contributed by atoms with Crippen LogP contribution < -0.4 is 0 Å². The summed E-state index contributed by atoms with van der Waals surface area (Å²) in [5.74, 6) is 0.993. The fraction of sp³-hybridized carbons (Fsp3) is 0.667. The van der Waals surface area contributed by atoms with Gasteiger partial charge in [-0.2, -0.15) is 0 Å². The van der Waals surface area contributed by atoms with Gasteiger partial charge in [-0.1, -0.05) is 13.8 Å². The van der Waals surface area contributed by atoms with Gasteiger partial charge in [0.15, 0.2) is 0 Å². The van der Waals surface area contributed by atoms with E-state index in [-0.39, 0.29) is 11.9 Å². The largest absolute Gasteiger partial charge is 0.475 e. The first-order chi connectivity index (χ1) is 8.95. The molecule has 0 bridgehead atoms. The summed E-state index contributed by atoms with van der Waals surface area (Å²) >= 11 is 0. The molecule has 0 saturated heterocycles. The number of hydrogen-bond acceptors (Lipinski definition) is 3. The number of carboxylic acids is 1. The van der Waals surface area contributed by atoms with E-state index in [1.807, 2.05) is 0 Å². The number of aromatic carboxylic acids is 1. The minimum atomic E-state index is -1.03. The van der Waals surface area contributed by atoms with Crippen LogP contribution in [0.1, 0.15) is 55.0 Å². The third kappa shape index (κ3) is 3.60. The van der Waals surface area contributed by atoms with Crippen LogP contribution in [0.3, 0.4) is 0 Å². The van der Waals surface area contributed by atoms with E-state index >= 15 is 0 Å². The number of furan rings is 1. The molecule has 2 unspecified atom stereocenters. The van der Waals surface area contributed by atoms with Crippen molar-refractivity contribution in [2.24, 2.45) is 11.8 Å². The van der Waals surface area contributed by atoms with Crippen molar-refractivity contribution in [3.05, 3.63) is 23.2 Å². The lowest BCUT2D eigenvalue weighted by atomic mass is 9.82. The number of carboxylic acid groups (broad SMARTS) is 1. The lowest BCUT2D eigenvalue weighted by molar-refractivity contribution is -0.00954. The van der Waals surface area contributed by atoms with Gasteiger partial charge < -0.3 is 14.3 Å². The second-order valence-corrected chi connectivity index (χ2v) is 5.85. The van der Waals surface area contributed by atoms with E-state index in [0.29, 0.717) is 24.2 Å². The van der Waals surface area contributed by atoms with Crippen molar-refractivity contribution in [3.63, 3.8) is 0 Å². The third-order valence-corrected chi connectivity index (χ3v) is 3.84. The Kier molecular flexibility index (Phi) is 4.30. The van der Waals surface area contributed by atoms with Gasteiger partial charge in [0.05, 0.1) is 12.7 Å². The van der Waals surface area contributed by atoms with Crippen LogP contribution in [0.25, 0.3) is 0 Å². The SMILES string of the molecule is Cc1oc(C(=O)O)cc1COC1CC(C)CC(C)C1. The Labute approximate surface area is 113 Å². The molecule has 0 spiro atoms. The molecular weight excluding hydrogens is 244 g/mol. The second kappa shape index (κ2) is 5.78.